The lowest BCUT2D eigenvalue weighted by atomic mass is 10.1. The normalized spacial score (nSPS) is 22.3. The quantitative estimate of drug-likeness (QED) is 0.382. The van der Waals surface area contributed by atoms with Crippen molar-refractivity contribution in [2.24, 2.45) is 10.1 Å². The van der Waals surface area contributed by atoms with Gasteiger partial charge in [0.15, 0.2) is 0 Å². The molecule has 0 amide bonds. The Morgan fingerprint density at radius 1 is 1.78 bits per heavy atom. The molecule has 0 spiro atoms. The van der Waals surface area contributed by atoms with Crippen LogP contribution < -0.4 is 0 Å². The van der Waals surface area contributed by atoms with Gasteiger partial charge in [-0.1, -0.05) is 5.16 Å². The molecule has 0 atom stereocenters. The minimum Gasteiger partial charge on any atom is -0.411 e. The Balaban J connectivity index is 2.73. The van der Waals surface area contributed by atoms with E-state index in [1.54, 1.807) is 12.3 Å². The number of allylic oxidation sites excluding steroid dienone is 1. The topological polar surface area (TPSA) is 45.0 Å². The summed E-state index contributed by atoms with van der Waals surface area (Å²) in [6, 6.07) is 0. The second-order valence-electron chi connectivity index (χ2n) is 1.95. The van der Waals surface area contributed by atoms with Crippen LogP contribution in [0.25, 0.3) is 0 Å². The van der Waals surface area contributed by atoms with E-state index in [1.807, 2.05) is 6.92 Å². The molecule has 0 unspecified atom stereocenters. The summed E-state index contributed by atoms with van der Waals surface area (Å²) in [5.74, 6) is 0. The smallest absolute Gasteiger partial charge is 0.0866 e. The van der Waals surface area contributed by atoms with Crippen molar-refractivity contribution >= 4 is 11.4 Å². The summed E-state index contributed by atoms with van der Waals surface area (Å²) >= 11 is 0. The molecule has 48 valence electrons. The summed E-state index contributed by atoms with van der Waals surface area (Å²) in [6.45, 7) is 1.90. The summed E-state index contributed by atoms with van der Waals surface area (Å²) in [5.41, 5.74) is 1.65. The molecule has 0 aromatic rings. The maximum absolute atomic E-state index is 8.29. The van der Waals surface area contributed by atoms with Crippen LogP contribution in [-0.4, -0.2) is 16.6 Å². The summed E-state index contributed by atoms with van der Waals surface area (Å²) in [6.07, 6.45) is 3.98. The van der Waals surface area contributed by atoms with Gasteiger partial charge in [-0.25, -0.2) is 0 Å². The van der Waals surface area contributed by atoms with E-state index in [1.165, 1.54) is 0 Å². The molecule has 9 heavy (non-hydrogen) atoms. The number of rotatable bonds is 0. The first-order valence-corrected chi connectivity index (χ1v) is 2.73. The van der Waals surface area contributed by atoms with Crippen molar-refractivity contribution in [1.29, 1.82) is 0 Å². The first kappa shape index (κ1) is 6.01. The molecule has 0 fully saturated rings. The zero-order valence-electron chi connectivity index (χ0n) is 5.20. The molecule has 0 radical (unpaired) electrons. The fourth-order valence-electron chi connectivity index (χ4n) is 0.686. The molecule has 0 aromatic carbocycles. The molecule has 3 heteroatoms. The molecule has 0 saturated heterocycles. The van der Waals surface area contributed by atoms with Gasteiger partial charge in [-0.3, -0.25) is 4.99 Å². The molecule has 1 aliphatic rings. The first-order chi connectivity index (χ1) is 4.33. The Bertz CT molecular complexity index is 191. The van der Waals surface area contributed by atoms with E-state index in [0.29, 0.717) is 12.1 Å². The minimum absolute atomic E-state index is 0.660. The number of oxime groups is 1. The molecule has 1 heterocycles. The van der Waals surface area contributed by atoms with E-state index < -0.39 is 0 Å². The van der Waals surface area contributed by atoms with Crippen molar-refractivity contribution in [3.8, 4) is 0 Å². The fraction of sp³-hybridized carbons (Fsp3) is 0.333. The zero-order valence-corrected chi connectivity index (χ0v) is 5.20. The van der Waals surface area contributed by atoms with Gasteiger partial charge in [0.05, 0.1) is 5.71 Å². The van der Waals surface area contributed by atoms with Gasteiger partial charge in [0, 0.05) is 18.3 Å². The zero-order chi connectivity index (χ0) is 6.69. The van der Waals surface area contributed by atoms with Crippen molar-refractivity contribution in [3.63, 3.8) is 0 Å². The number of aliphatic imine (C=N–C) groups is 1. The summed E-state index contributed by atoms with van der Waals surface area (Å²) < 4.78 is 0. The lowest BCUT2D eigenvalue weighted by molar-refractivity contribution is 0.319. The molecule has 0 aromatic heterocycles. The Labute approximate surface area is 53.4 Å². The summed E-state index contributed by atoms with van der Waals surface area (Å²) in [4.78, 5) is 3.97. The maximum Gasteiger partial charge on any atom is 0.0866 e. The van der Waals surface area contributed by atoms with Gasteiger partial charge in [-0.05, 0) is 13.0 Å². The molecule has 0 bridgehead atoms. The van der Waals surface area contributed by atoms with Crippen molar-refractivity contribution in [1.82, 2.24) is 0 Å². The SMILES string of the molecule is CC1=NC=CC(=NO)C1. The lowest BCUT2D eigenvalue weighted by Crippen LogP contribution is -2.04. The molecular weight excluding hydrogens is 116 g/mol. The minimum atomic E-state index is 0.660. The van der Waals surface area contributed by atoms with Crippen LogP contribution in [-0.2, 0) is 0 Å². The molecule has 0 aliphatic carbocycles. The predicted molar refractivity (Wildman–Crippen MR) is 36.1 cm³/mol. The van der Waals surface area contributed by atoms with E-state index in [-0.39, 0.29) is 0 Å². The highest BCUT2D eigenvalue weighted by atomic mass is 16.4. The number of nitrogens with zero attached hydrogens (tertiary/aromatic N) is 2. The maximum atomic E-state index is 8.29. The van der Waals surface area contributed by atoms with Crippen molar-refractivity contribution in [3.05, 3.63) is 12.3 Å². The van der Waals surface area contributed by atoms with Gasteiger partial charge in [-0.2, -0.15) is 0 Å². The van der Waals surface area contributed by atoms with Crippen LogP contribution in [0.2, 0.25) is 0 Å². The Morgan fingerprint density at radius 2 is 2.56 bits per heavy atom. The van der Waals surface area contributed by atoms with Crippen molar-refractivity contribution in [2.75, 3.05) is 0 Å². The van der Waals surface area contributed by atoms with Crippen LogP contribution in [0.3, 0.4) is 0 Å². The molecule has 1 aliphatic heterocycles. The van der Waals surface area contributed by atoms with Crippen LogP contribution in [0.1, 0.15) is 13.3 Å². The lowest BCUT2D eigenvalue weighted by Gasteiger charge is -2.01. The second-order valence-corrected chi connectivity index (χ2v) is 1.95. The van der Waals surface area contributed by atoms with Gasteiger partial charge in [0.2, 0.25) is 0 Å². The average Bonchev–Trinajstić information content (AvgIpc) is 1.88. The van der Waals surface area contributed by atoms with E-state index in [0.717, 1.165) is 5.71 Å². The van der Waals surface area contributed by atoms with E-state index in [4.69, 9.17) is 5.21 Å². The van der Waals surface area contributed by atoms with Gasteiger partial charge in [-0.15, -0.1) is 0 Å². The average molecular weight is 124 g/mol. The molecular formula is C6H8N2O. The van der Waals surface area contributed by atoms with Crippen molar-refractivity contribution in [2.45, 2.75) is 13.3 Å². The summed E-state index contributed by atoms with van der Waals surface area (Å²) in [5, 5.41) is 11.3. The predicted octanol–water partition coefficient (Wildman–Crippen LogP) is 1.19. The third-order valence-corrected chi connectivity index (χ3v) is 1.13. The highest BCUT2D eigenvalue weighted by Gasteiger charge is 2.00. The largest absolute Gasteiger partial charge is 0.411 e. The summed E-state index contributed by atoms with van der Waals surface area (Å²) in [7, 11) is 0. The fourth-order valence-corrected chi connectivity index (χ4v) is 0.686. The van der Waals surface area contributed by atoms with Gasteiger partial charge in [0.25, 0.3) is 0 Å². The second kappa shape index (κ2) is 2.44. The Hall–Kier alpha value is -1.12. The van der Waals surface area contributed by atoms with E-state index in [2.05, 4.69) is 10.1 Å². The Kier molecular flexibility index (Phi) is 1.63. The highest BCUT2D eigenvalue weighted by molar-refractivity contribution is 6.10. The van der Waals surface area contributed by atoms with Crippen LogP contribution in [0.5, 0.6) is 0 Å². The third-order valence-electron chi connectivity index (χ3n) is 1.13. The van der Waals surface area contributed by atoms with Crippen molar-refractivity contribution < 1.29 is 5.21 Å². The number of hydrogen-bond acceptors (Lipinski definition) is 3. The molecule has 3 nitrogen and oxygen atoms in total. The van der Waals surface area contributed by atoms with Crippen LogP contribution >= 0.6 is 0 Å². The molecule has 1 rings (SSSR count). The Morgan fingerprint density at radius 3 is 3.00 bits per heavy atom. The standard InChI is InChI=1S/C6H8N2O/c1-5-4-6(8-9)2-3-7-5/h2-3,9H,4H2,1H3. The van der Waals surface area contributed by atoms with Crippen LogP contribution in [0, 0.1) is 0 Å². The monoisotopic (exact) mass is 124 g/mol. The van der Waals surface area contributed by atoms with E-state index >= 15 is 0 Å². The molecule has 1 N–H and O–H groups in total. The van der Waals surface area contributed by atoms with Crippen LogP contribution in [0.15, 0.2) is 22.4 Å². The highest BCUT2D eigenvalue weighted by Crippen LogP contribution is 1.99. The third kappa shape index (κ3) is 1.38. The number of hydrogen-bond donors (Lipinski definition) is 1. The molecule has 0 saturated carbocycles. The van der Waals surface area contributed by atoms with Gasteiger partial charge < -0.3 is 5.21 Å². The first-order valence-electron chi connectivity index (χ1n) is 2.73. The van der Waals surface area contributed by atoms with E-state index in [9.17, 15) is 0 Å². The van der Waals surface area contributed by atoms with Gasteiger partial charge in [0.1, 0.15) is 0 Å². The van der Waals surface area contributed by atoms with Crippen LogP contribution in [0.4, 0.5) is 0 Å². The van der Waals surface area contributed by atoms with Gasteiger partial charge >= 0.3 is 0 Å².